The number of non-ortho nitro benzene ring substituents is 1. The summed E-state index contributed by atoms with van der Waals surface area (Å²) in [4.78, 5) is 10.4. The lowest BCUT2D eigenvalue weighted by molar-refractivity contribution is -0.384. The van der Waals surface area contributed by atoms with Gasteiger partial charge in [-0.15, -0.1) is 5.10 Å². The molecule has 112 valence electrons. The molecule has 0 aliphatic carbocycles. The fourth-order valence-electron chi connectivity index (χ4n) is 1.93. The molecule has 0 saturated carbocycles. The van der Waals surface area contributed by atoms with Crippen molar-refractivity contribution in [1.82, 2.24) is 15.0 Å². The van der Waals surface area contributed by atoms with Crippen molar-refractivity contribution in [2.75, 3.05) is 7.11 Å². The lowest BCUT2D eigenvalue weighted by atomic mass is 10.1. The van der Waals surface area contributed by atoms with Crippen molar-refractivity contribution >= 4 is 5.69 Å². The molecular formula is C13H16N4O4. The summed E-state index contributed by atoms with van der Waals surface area (Å²) in [5, 5.41) is 28.3. The van der Waals surface area contributed by atoms with Crippen molar-refractivity contribution in [3.63, 3.8) is 0 Å². The molecule has 0 saturated heterocycles. The number of aromatic nitrogens is 3. The zero-order valence-corrected chi connectivity index (χ0v) is 11.8. The maximum atomic E-state index is 10.8. The van der Waals surface area contributed by atoms with Gasteiger partial charge in [-0.25, -0.2) is 4.68 Å². The van der Waals surface area contributed by atoms with E-state index in [1.54, 1.807) is 12.3 Å². The van der Waals surface area contributed by atoms with Crippen LogP contribution in [0, 0.1) is 10.1 Å². The molecule has 8 heteroatoms. The number of ether oxygens (including phenoxy) is 1. The number of benzene rings is 1. The second kappa shape index (κ2) is 6.31. The van der Waals surface area contributed by atoms with Crippen LogP contribution in [0.3, 0.4) is 0 Å². The third-order valence-electron chi connectivity index (χ3n) is 3.09. The average molecular weight is 292 g/mol. The molecule has 0 radical (unpaired) electrons. The second-order valence-electron chi connectivity index (χ2n) is 4.52. The van der Waals surface area contributed by atoms with Crippen molar-refractivity contribution in [3.8, 4) is 5.75 Å². The van der Waals surface area contributed by atoms with Crippen molar-refractivity contribution in [2.24, 2.45) is 0 Å². The number of rotatable bonds is 6. The first-order valence-electron chi connectivity index (χ1n) is 6.44. The van der Waals surface area contributed by atoms with E-state index < -0.39 is 11.0 Å². The molecule has 0 spiro atoms. The summed E-state index contributed by atoms with van der Waals surface area (Å²) in [6.45, 7) is 2.11. The molecule has 21 heavy (non-hydrogen) atoms. The minimum Gasteiger partial charge on any atom is -0.496 e. The van der Waals surface area contributed by atoms with Gasteiger partial charge in [0.2, 0.25) is 0 Å². The first-order valence-corrected chi connectivity index (χ1v) is 6.44. The number of methoxy groups -OCH3 is 1. The summed E-state index contributed by atoms with van der Waals surface area (Å²) < 4.78 is 6.70. The van der Waals surface area contributed by atoms with E-state index in [2.05, 4.69) is 10.3 Å². The highest BCUT2D eigenvalue weighted by Gasteiger charge is 2.14. The molecule has 1 unspecified atom stereocenters. The monoisotopic (exact) mass is 292 g/mol. The van der Waals surface area contributed by atoms with Crippen LogP contribution < -0.4 is 4.74 Å². The number of aliphatic hydroxyl groups is 1. The molecule has 0 fully saturated rings. The van der Waals surface area contributed by atoms with Crippen LogP contribution in [0.1, 0.15) is 30.7 Å². The second-order valence-corrected chi connectivity index (χ2v) is 4.52. The Hall–Kier alpha value is -2.48. The molecule has 0 aliphatic heterocycles. The molecule has 0 aliphatic rings. The van der Waals surface area contributed by atoms with E-state index in [1.165, 1.54) is 23.9 Å². The van der Waals surface area contributed by atoms with Crippen molar-refractivity contribution in [3.05, 3.63) is 45.8 Å². The lowest BCUT2D eigenvalue weighted by Gasteiger charge is -2.08. The van der Waals surface area contributed by atoms with Crippen LogP contribution in [0.15, 0.2) is 24.4 Å². The molecular weight excluding hydrogens is 276 g/mol. The SMILES string of the molecule is CCC(O)c1cn(Cc2cc([N+](=O)[O-])ccc2OC)nn1. The van der Waals surface area contributed by atoms with Gasteiger partial charge in [-0.1, -0.05) is 12.1 Å². The molecule has 1 atom stereocenters. The van der Waals surface area contributed by atoms with Crippen molar-refractivity contribution in [1.29, 1.82) is 0 Å². The quantitative estimate of drug-likeness (QED) is 0.641. The lowest BCUT2D eigenvalue weighted by Crippen LogP contribution is -2.03. The van der Waals surface area contributed by atoms with E-state index in [9.17, 15) is 15.2 Å². The van der Waals surface area contributed by atoms with Crippen LogP contribution in [-0.2, 0) is 6.54 Å². The first kappa shape index (κ1) is 14.9. The van der Waals surface area contributed by atoms with Gasteiger partial charge in [-0.3, -0.25) is 10.1 Å². The van der Waals surface area contributed by atoms with Gasteiger partial charge in [0.1, 0.15) is 11.4 Å². The summed E-state index contributed by atoms with van der Waals surface area (Å²) in [6, 6.07) is 4.37. The van der Waals surface area contributed by atoms with Crippen LogP contribution in [0.4, 0.5) is 5.69 Å². The Bertz CT molecular complexity index is 641. The van der Waals surface area contributed by atoms with E-state index in [0.717, 1.165) is 0 Å². The van der Waals surface area contributed by atoms with Gasteiger partial charge in [-0.2, -0.15) is 0 Å². The zero-order valence-electron chi connectivity index (χ0n) is 11.8. The van der Waals surface area contributed by atoms with E-state index in [-0.39, 0.29) is 12.2 Å². The number of aliphatic hydroxyl groups excluding tert-OH is 1. The summed E-state index contributed by atoms with van der Waals surface area (Å²) in [7, 11) is 1.50. The van der Waals surface area contributed by atoms with Crippen LogP contribution in [0.2, 0.25) is 0 Å². The molecule has 1 heterocycles. The number of nitro benzene ring substituents is 1. The number of hydrogen-bond donors (Lipinski definition) is 1. The Kier molecular flexibility index (Phi) is 4.49. The van der Waals surface area contributed by atoms with E-state index >= 15 is 0 Å². The van der Waals surface area contributed by atoms with E-state index in [4.69, 9.17) is 4.74 Å². The van der Waals surface area contributed by atoms with Crippen LogP contribution in [0.5, 0.6) is 5.75 Å². The fraction of sp³-hybridized carbons (Fsp3) is 0.385. The fourth-order valence-corrected chi connectivity index (χ4v) is 1.93. The Morgan fingerprint density at radius 2 is 2.29 bits per heavy atom. The Labute approximate surface area is 121 Å². The van der Waals surface area contributed by atoms with Crippen LogP contribution >= 0.6 is 0 Å². The Morgan fingerprint density at radius 1 is 1.52 bits per heavy atom. The summed E-state index contributed by atoms with van der Waals surface area (Å²) in [6.07, 6.45) is 1.50. The third-order valence-corrected chi connectivity index (χ3v) is 3.09. The summed E-state index contributed by atoms with van der Waals surface area (Å²) >= 11 is 0. The largest absolute Gasteiger partial charge is 0.496 e. The van der Waals surface area contributed by atoms with Crippen LogP contribution in [0.25, 0.3) is 0 Å². The first-order chi connectivity index (χ1) is 10.0. The number of hydrogen-bond acceptors (Lipinski definition) is 6. The van der Waals surface area contributed by atoms with Gasteiger partial charge in [0.05, 0.1) is 30.9 Å². The molecule has 0 amide bonds. The predicted octanol–water partition coefficient (Wildman–Crippen LogP) is 1.69. The van der Waals surface area contributed by atoms with Gasteiger partial charge in [0.25, 0.3) is 5.69 Å². The zero-order chi connectivity index (χ0) is 15.4. The van der Waals surface area contributed by atoms with E-state index in [0.29, 0.717) is 23.4 Å². The van der Waals surface area contributed by atoms with Crippen molar-refractivity contribution < 1.29 is 14.8 Å². The normalized spacial score (nSPS) is 12.1. The molecule has 8 nitrogen and oxygen atoms in total. The highest BCUT2D eigenvalue weighted by Crippen LogP contribution is 2.25. The molecule has 0 bridgehead atoms. The summed E-state index contributed by atoms with van der Waals surface area (Å²) in [5.41, 5.74) is 1.08. The third kappa shape index (κ3) is 3.34. The standard InChI is InChI=1S/C13H16N4O4/c1-3-12(18)11-8-16(15-14-11)7-9-6-10(17(19)20)4-5-13(9)21-2/h4-6,8,12,18H,3,7H2,1-2H3. The molecule has 1 aromatic carbocycles. The topological polar surface area (TPSA) is 103 Å². The Balaban J connectivity index is 2.27. The highest BCUT2D eigenvalue weighted by molar-refractivity contribution is 5.43. The number of nitro groups is 1. The van der Waals surface area contributed by atoms with Crippen LogP contribution in [-0.4, -0.2) is 32.1 Å². The predicted molar refractivity (Wildman–Crippen MR) is 74.0 cm³/mol. The van der Waals surface area contributed by atoms with Gasteiger partial charge in [-0.05, 0) is 12.5 Å². The minimum atomic E-state index is -0.661. The van der Waals surface area contributed by atoms with Crippen molar-refractivity contribution in [2.45, 2.75) is 26.0 Å². The average Bonchev–Trinajstić information content (AvgIpc) is 2.94. The van der Waals surface area contributed by atoms with Gasteiger partial charge in [0, 0.05) is 17.7 Å². The molecule has 2 aromatic rings. The minimum absolute atomic E-state index is 0.0141. The van der Waals surface area contributed by atoms with Gasteiger partial charge >= 0.3 is 0 Å². The molecule has 1 N–H and O–H groups in total. The summed E-state index contributed by atoms with van der Waals surface area (Å²) in [5.74, 6) is 0.536. The van der Waals surface area contributed by atoms with Gasteiger partial charge < -0.3 is 9.84 Å². The maximum Gasteiger partial charge on any atom is 0.270 e. The van der Waals surface area contributed by atoms with Gasteiger partial charge in [0.15, 0.2) is 0 Å². The highest BCUT2D eigenvalue weighted by atomic mass is 16.6. The smallest absolute Gasteiger partial charge is 0.270 e. The van der Waals surface area contributed by atoms with E-state index in [1.807, 2.05) is 6.92 Å². The molecule has 1 aromatic heterocycles. The number of nitrogens with zero attached hydrogens (tertiary/aromatic N) is 4. The maximum absolute atomic E-state index is 10.8. The molecule has 2 rings (SSSR count). The Morgan fingerprint density at radius 3 is 2.90 bits per heavy atom.